The molecular formula is C18H18N2OS. The Bertz CT molecular complexity index is 944. The molecule has 4 heteroatoms. The van der Waals surface area contributed by atoms with E-state index in [9.17, 15) is 4.21 Å². The highest BCUT2D eigenvalue weighted by molar-refractivity contribution is 7.93. The summed E-state index contributed by atoms with van der Waals surface area (Å²) in [4.78, 5) is 5.07. The van der Waals surface area contributed by atoms with Crippen molar-refractivity contribution in [3.8, 4) is 0 Å². The Morgan fingerprint density at radius 3 is 2.41 bits per heavy atom. The Morgan fingerprint density at radius 2 is 1.68 bits per heavy atom. The third kappa shape index (κ3) is 2.88. The van der Waals surface area contributed by atoms with Gasteiger partial charge in [0.15, 0.2) is 5.82 Å². The van der Waals surface area contributed by atoms with Crippen molar-refractivity contribution >= 4 is 26.3 Å². The minimum absolute atomic E-state index is 0.532. The van der Waals surface area contributed by atoms with Crippen molar-refractivity contribution in [3.63, 3.8) is 0 Å². The quantitative estimate of drug-likeness (QED) is 0.692. The summed E-state index contributed by atoms with van der Waals surface area (Å²) in [5, 5.41) is 1.97. The summed E-state index contributed by atoms with van der Waals surface area (Å²) in [6, 6.07) is 15.7. The number of hydrogen-bond acceptors (Lipinski definition) is 3. The van der Waals surface area contributed by atoms with Crippen molar-refractivity contribution in [3.05, 3.63) is 65.9 Å². The number of hydrogen-bond donors (Lipinski definition) is 0. The summed E-state index contributed by atoms with van der Waals surface area (Å²) in [5.41, 5.74) is 2.18. The van der Waals surface area contributed by atoms with Gasteiger partial charge < -0.3 is 0 Å². The third-order valence-electron chi connectivity index (χ3n) is 3.55. The molecular weight excluding hydrogens is 292 g/mol. The van der Waals surface area contributed by atoms with Gasteiger partial charge in [0, 0.05) is 22.7 Å². The van der Waals surface area contributed by atoms with Crippen molar-refractivity contribution in [2.45, 2.75) is 18.7 Å². The van der Waals surface area contributed by atoms with Crippen LogP contribution in [0.2, 0.25) is 0 Å². The summed E-state index contributed by atoms with van der Waals surface area (Å²) in [6.45, 7) is 4.00. The zero-order valence-electron chi connectivity index (χ0n) is 12.9. The zero-order chi connectivity index (χ0) is 15.7. The Hall–Kier alpha value is -2.20. The van der Waals surface area contributed by atoms with Gasteiger partial charge in [0.1, 0.15) is 0 Å². The first-order valence-corrected chi connectivity index (χ1v) is 9.02. The standard InChI is InChI=1S/C18H18N2OS/c1-13-10-14(2)12-16(11-13)22(3,21)20-18-17-7-5-4-6-15(17)8-9-19-18/h4-12H,1-3H3. The van der Waals surface area contributed by atoms with E-state index in [4.69, 9.17) is 0 Å². The van der Waals surface area contributed by atoms with Crippen LogP contribution in [0.4, 0.5) is 5.82 Å². The molecule has 0 radical (unpaired) electrons. The number of nitrogens with zero attached hydrogens (tertiary/aromatic N) is 2. The van der Waals surface area contributed by atoms with Gasteiger partial charge in [0.05, 0.1) is 9.73 Å². The van der Waals surface area contributed by atoms with Crippen LogP contribution in [0.15, 0.2) is 64.0 Å². The molecule has 112 valence electrons. The van der Waals surface area contributed by atoms with E-state index in [0.717, 1.165) is 26.8 Å². The minimum atomic E-state index is -2.54. The number of aromatic nitrogens is 1. The topological polar surface area (TPSA) is 42.3 Å². The molecule has 0 bridgehead atoms. The molecule has 1 heterocycles. The second-order valence-corrected chi connectivity index (χ2v) is 7.83. The number of rotatable bonds is 2. The van der Waals surface area contributed by atoms with Gasteiger partial charge in [0.2, 0.25) is 0 Å². The summed E-state index contributed by atoms with van der Waals surface area (Å²) in [5.74, 6) is 0.532. The van der Waals surface area contributed by atoms with Crippen molar-refractivity contribution in [1.82, 2.24) is 4.98 Å². The van der Waals surface area contributed by atoms with E-state index in [-0.39, 0.29) is 0 Å². The lowest BCUT2D eigenvalue weighted by Gasteiger charge is -2.08. The molecule has 0 aliphatic heterocycles. The van der Waals surface area contributed by atoms with Gasteiger partial charge in [-0.1, -0.05) is 30.3 Å². The minimum Gasteiger partial charge on any atom is -0.245 e. The zero-order valence-corrected chi connectivity index (χ0v) is 13.7. The summed E-state index contributed by atoms with van der Waals surface area (Å²) in [6.07, 6.45) is 3.38. The molecule has 0 amide bonds. The molecule has 3 rings (SSSR count). The smallest absolute Gasteiger partial charge is 0.169 e. The highest BCUT2D eigenvalue weighted by Crippen LogP contribution is 2.26. The van der Waals surface area contributed by atoms with Crippen LogP contribution in [-0.2, 0) is 9.73 Å². The Labute approximate surface area is 131 Å². The van der Waals surface area contributed by atoms with E-state index >= 15 is 0 Å². The van der Waals surface area contributed by atoms with Gasteiger partial charge in [0.25, 0.3) is 0 Å². The van der Waals surface area contributed by atoms with Crippen LogP contribution < -0.4 is 0 Å². The van der Waals surface area contributed by atoms with E-state index in [2.05, 4.69) is 15.4 Å². The fourth-order valence-electron chi connectivity index (χ4n) is 2.55. The average Bonchev–Trinajstić information content (AvgIpc) is 2.46. The van der Waals surface area contributed by atoms with E-state index in [1.165, 1.54) is 0 Å². The summed E-state index contributed by atoms with van der Waals surface area (Å²) >= 11 is 0. The van der Waals surface area contributed by atoms with Crippen molar-refractivity contribution in [2.75, 3.05) is 6.26 Å². The first-order valence-electron chi connectivity index (χ1n) is 7.10. The van der Waals surface area contributed by atoms with Crippen molar-refractivity contribution in [1.29, 1.82) is 0 Å². The molecule has 1 atom stereocenters. The molecule has 0 fully saturated rings. The SMILES string of the molecule is Cc1cc(C)cc(S(C)(=O)=Nc2nccc3ccccc23)c1. The van der Waals surface area contributed by atoms with Gasteiger partial charge in [-0.15, -0.1) is 0 Å². The maximum Gasteiger partial charge on any atom is 0.169 e. The molecule has 3 nitrogen and oxygen atoms in total. The van der Waals surface area contributed by atoms with Crippen LogP contribution >= 0.6 is 0 Å². The monoisotopic (exact) mass is 310 g/mol. The van der Waals surface area contributed by atoms with E-state index in [0.29, 0.717) is 5.82 Å². The lowest BCUT2D eigenvalue weighted by molar-refractivity contribution is 0.680. The summed E-state index contributed by atoms with van der Waals surface area (Å²) < 4.78 is 17.6. The molecule has 0 saturated heterocycles. The van der Waals surface area contributed by atoms with Gasteiger partial charge in [-0.05, 0) is 48.6 Å². The first kappa shape index (κ1) is 14.7. The third-order valence-corrected chi connectivity index (χ3v) is 5.18. The van der Waals surface area contributed by atoms with Crippen LogP contribution in [0, 0.1) is 13.8 Å². The summed E-state index contributed by atoms with van der Waals surface area (Å²) in [7, 11) is -2.54. The highest BCUT2D eigenvalue weighted by atomic mass is 32.2. The second kappa shape index (κ2) is 5.54. The number of fused-ring (bicyclic) bond motifs is 1. The number of pyridine rings is 1. The second-order valence-electron chi connectivity index (χ2n) is 5.57. The Balaban J connectivity index is 2.22. The molecule has 0 spiro atoms. The largest absolute Gasteiger partial charge is 0.245 e. The molecule has 0 aliphatic carbocycles. The molecule has 1 unspecified atom stereocenters. The highest BCUT2D eigenvalue weighted by Gasteiger charge is 2.10. The van der Waals surface area contributed by atoms with Crippen LogP contribution in [0.5, 0.6) is 0 Å². The molecule has 0 N–H and O–H groups in total. The maximum atomic E-state index is 13.1. The van der Waals surface area contributed by atoms with Gasteiger partial charge in [-0.3, -0.25) is 0 Å². The van der Waals surface area contributed by atoms with Crippen molar-refractivity contribution < 1.29 is 4.21 Å². The molecule has 3 aromatic rings. The molecule has 1 aromatic heterocycles. The average molecular weight is 310 g/mol. The normalized spacial score (nSPS) is 13.8. The van der Waals surface area contributed by atoms with Crippen LogP contribution in [0.1, 0.15) is 11.1 Å². The van der Waals surface area contributed by atoms with E-state index in [1.54, 1.807) is 12.5 Å². The molecule has 0 aliphatic rings. The number of benzene rings is 2. The predicted octanol–water partition coefficient (Wildman–Crippen LogP) is 4.64. The van der Waals surface area contributed by atoms with Crippen LogP contribution in [0.25, 0.3) is 10.8 Å². The number of aryl methyl sites for hydroxylation is 2. The fourth-order valence-corrected chi connectivity index (χ4v) is 3.94. The van der Waals surface area contributed by atoms with Crippen LogP contribution in [0.3, 0.4) is 0 Å². The molecule has 0 saturated carbocycles. The van der Waals surface area contributed by atoms with E-state index in [1.807, 2.05) is 56.3 Å². The van der Waals surface area contributed by atoms with Gasteiger partial charge in [-0.25, -0.2) is 9.19 Å². The Kier molecular flexibility index (Phi) is 3.71. The van der Waals surface area contributed by atoms with Gasteiger partial charge >= 0.3 is 0 Å². The van der Waals surface area contributed by atoms with Crippen molar-refractivity contribution in [2.24, 2.45) is 4.36 Å². The lowest BCUT2D eigenvalue weighted by atomic mass is 10.2. The molecule has 22 heavy (non-hydrogen) atoms. The van der Waals surface area contributed by atoms with Crippen LogP contribution in [-0.4, -0.2) is 15.4 Å². The maximum absolute atomic E-state index is 13.1. The fraction of sp³-hybridized carbons (Fsp3) is 0.167. The Morgan fingerprint density at radius 1 is 1.00 bits per heavy atom. The van der Waals surface area contributed by atoms with E-state index < -0.39 is 9.73 Å². The predicted molar refractivity (Wildman–Crippen MR) is 92.1 cm³/mol. The van der Waals surface area contributed by atoms with Gasteiger partial charge in [-0.2, -0.15) is 4.36 Å². The lowest BCUT2D eigenvalue weighted by Crippen LogP contribution is -1.99. The first-order chi connectivity index (χ1) is 10.5. The molecule has 2 aromatic carbocycles.